The van der Waals surface area contributed by atoms with E-state index in [1.165, 1.54) is 0 Å². The smallest absolute Gasteiger partial charge is 0.279 e. The van der Waals surface area contributed by atoms with Crippen molar-refractivity contribution < 1.29 is 23.7 Å². The molecule has 0 bridgehead atoms. The summed E-state index contributed by atoms with van der Waals surface area (Å²) in [6.07, 6.45) is 0. The summed E-state index contributed by atoms with van der Waals surface area (Å²) in [5.74, 6) is 1.38. The minimum atomic E-state index is -0.304. The van der Waals surface area contributed by atoms with Crippen molar-refractivity contribution >= 4 is 11.8 Å². The summed E-state index contributed by atoms with van der Waals surface area (Å²) in [5.41, 5.74) is 5.94. The molecule has 1 aromatic carbocycles. The molecule has 0 aliphatic heterocycles. The molecule has 0 amide bonds. The molecule has 1 rings (SSSR count). The highest BCUT2D eigenvalue weighted by Crippen LogP contribution is 2.17. The highest BCUT2D eigenvalue weighted by atomic mass is 16.6. The quantitative estimate of drug-likeness (QED) is 0.262. The Morgan fingerprint density at radius 2 is 1.57 bits per heavy atom. The van der Waals surface area contributed by atoms with Gasteiger partial charge in [-0.05, 0) is 24.3 Å². The van der Waals surface area contributed by atoms with E-state index >= 15 is 0 Å². The second-order valence-electron chi connectivity index (χ2n) is 4.44. The molecule has 0 aromatic heterocycles. The average molecular weight is 324 g/mol. The van der Waals surface area contributed by atoms with Crippen molar-refractivity contribution in [1.29, 1.82) is 5.41 Å². The van der Waals surface area contributed by atoms with E-state index in [2.05, 4.69) is 6.58 Å². The largest absolute Gasteiger partial charge is 0.497 e. The maximum absolute atomic E-state index is 6.85. The summed E-state index contributed by atoms with van der Waals surface area (Å²) in [6.45, 7) is 6.28. The van der Waals surface area contributed by atoms with Crippen LogP contribution in [0.25, 0.3) is 5.76 Å². The van der Waals surface area contributed by atoms with Crippen LogP contribution in [0.3, 0.4) is 0 Å². The fraction of sp³-hybridized carbons (Fsp3) is 0.438. The van der Waals surface area contributed by atoms with E-state index in [9.17, 15) is 0 Å². The molecule has 0 aliphatic carbocycles. The molecule has 0 unspecified atom stereocenters. The Kier molecular flexibility index (Phi) is 9.26. The standard InChI is InChI=1S/C16H24N2O5/c1-13(19-2)14-3-5-15(6-4-14)22-11-9-20-7-8-21-10-12-23-16(17)18/h3-6H,1,7-12H2,2H3,(H3,17,18). The van der Waals surface area contributed by atoms with Crippen LogP contribution in [0.15, 0.2) is 30.8 Å². The molecule has 0 aliphatic rings. The van der Waals surface area contributed by atoms with Crippen LogP contribution in [0, 0.1) is 5.41 Å². The third-order valence-electron chi connectivity index (χ3n) is 2.78. The summed E-state index contributed by atoms with van der Waals surface area (Å²) in [6, 6.07) is 7.19. The maximum atomic E-state index is 6.85. The molecule has 0 atom stereocenters. The number of amidine groups is 1. The van der Waals surface area contributed by atoms with E-state index in [1.807, 2.05) is 24.3 Å². The molecule has 0 spiro atoms. The average Bonchev–Trinajstić information content (AvgIpc) is 2.56. The van der Waals surface area contributed by atoms with Gasteiger partial charge in [-0.2, -0.15) is 0 Å². The summed E-state index contributed by atoms with van der Waals surface area (Å²) in [5, 5.41) is 6.85. The first kappa shape index (κ1) is 18.8. The minimum Gasteiger partial charge on any atom is -0.497 e. The van der Waals surface area contributed by atoms with Crippen LogP contribution >= 0.6 is 0 Å². The molecule has 1 aromatic rings. The van der Waals surface area contributed by atoms with Gasteiger partial charge in [-0.25, -0.2) is 0 Å². The first-order valence-corrected chi connectivity index (χ1v) is 7.22. The number of methoxy groups -OCH3 is 1. The fourth-order valence-corrected chi connectivity index (χ4v) is 1.61. The Hall–Kier alpha value is -2.25. The summed E-state index contributed by atoms with van der Waals surface area (Å²) < 4.78 is 25.9. The van der Waals surface area contributed by atoms with Crippen molar-refractivity contribution in [2.45, 2.75) is 0 Å². The zero-order valence-electron chi connectivity index (χ0n) is 13.4. The molecule has 128 valence electrons. The van der Waals surface area contributed by atoms with Gasteiger partial charge in [-0.1, -0.05) is 6.58 Å². The molecule has 0 heterocycles. The first-order valence-electron chi connectivity index (χ1n) is 7.22. The fourth-order valence-electron chi connectivity index (χ4n) is 1.61. The molecule has 7 heteroatoms. The van der Waals surface area contributed by atoms with Crippen molar-refractivity contribution in [3.8, 4) is 5.75 Å². The lowest BCUT2D eigenvalue weighted by Crippen LogP contribution is -2.18. The van der Waals surface area contributed by atoms with Crippen LogP contribution in [0.2, 0.25) is 0 Å². The van der Waals surface area contributed by atoms with Crippen molar-refractivity contribution in [3.05, 3.63) is 36.4 Å². The van der Waals surface area contributed by atoms with E-state index in [-0.39, 0.29) is 12.6 Å². The minimum absolute atomic E-state index is 0.268. The number of nitrogens with two attached hydrogens (primary N) is 1. The molecule has 0 saturated heterocycles. The van der Waals surface area contributed by atoms with Gasteiger partial charge in [0.2, 0.25) is 0 Å². The van der Waals surface area contributed by atoms with Crippen molar-refractivity contribution in [2.24, 2.45) is 5.73 Å². The van der Waals surface area contributed by atoms with Gasteiger partial charge in [-0.3, -0.25) is 5.41 Å². The zero-order valence-corrected chi connectivity index (χ0v) is 13.4. The lowest BCUT2D eigenvalue weighted by molar-refractivity contribution is 0.0259. The molecule has 7 nitrogen and oxygen atoms in total. The summed E-state index contributed by atoms with van der Waals surface area (Å²) >= 11 is 0. The molecule has 0 saturated carbocycles. The van der Waals surface area contributed by atoms with Crippen molar-refractivity contribution in [2.75, 3.05) is 46.8 Å². The van der Waals surface area contributed by atoms with E-state index in [4.69, 9.17) is 34.8 Å². The summed E-state index contributed by atoms with van der Waals surface area (Å²) in [7, 11) is 1.59. The predicted octanol–water partition coefficient (Wildman–Crippen LogP) is 1.63. The molecular formula is C16H24N2O5. The Labute approximate surface area is 136 Å². The Morgan fingerprint density at radius 3 is 2.13 bits per heavy atom. The topological polar surface area (TPSA) is 96.0 Å². The number of rotatable bonds is 12. The monoisotopic (exact) mass is 324 g/mol. The van der Waals surface area contributed by atoms with E-state index in [0.717, 1.165) is 11.3 Å². The predicted molar refractivity (Wildman–Crippen MR) is 87.5 cm³/mol. The Bertz CT molecular complexity index is 476. The van der Waals surface area contributed by atoms with Crippen LogP contribution in [0.5, 0.6) is 5.75 Å². The van der Waals surface area contributed by atoms with Gasteiger partial charge in [-0.15, -0.1) is 0 Å². The Balaban J connectivity index is 2.00. The third-order valence-corrected chi connectivity index (χ3v) is 2.78. The molecular weight excluding hydrogens is 300 g/mol. The van der Waals surface area contributed by atoms with Gasteiger partial charge in [0.05, 0.1) is 33.5 Å². The van der Waals surface area contributed by atoms with Crippen molar-refractivity contribution in [3.63, 3.8) is 0 Å². The first-order chi connectivity index (χ1) is 11.1. The Morgan fingerprint density at radius 1 is 1.00 bits per heavy atom. The SMILES string of the molecule is C=C(OC)c1ccc(OCCOCCOCCOC(=N)N)cc1. The lowest BCUT2D eigenvalue weighted by atomic mass is 10.2. The number of benzene rings is 1. The van der Waals surface area contributed by atoms with Crippen LogP contribution in [-0.2, 0) is 18.9 Å². The molecule has 0 fully saturated rings. The second-order valence-corrected chi connectivity index (χ2v) is 4.44. The van der Waals surface area contributed by atoms with E-state index < -0.39 is 0 Å². The van der Waals surface area contributed by atoms with Gasteiger partial charge in [0.25, 0.3) is 6.02 Å². The van der Waals surface area contributed by atoms with Crippen LogP contribution < -0.4 is 10.5 Å². The van der Waals surface area contributed by atoms with Gasteiger partial charge < -0.3 is 29.4 Å². The van der Waals surface area contributed by atoms with E-state index in [0.29, 0.717) is 38.8 Å². The second kappa shape index (κ2) is 11.3. The normalized spacial score (nSPS) is 10.1. The number of hydrogen-bond donors (Lipinski definition) is 2. The third kappa shape index (κ3) is 8.70. The molecule has 23 heavy (non-hydrogen) atoms. The lowest BCUT2D eigenvalue weighted by Gasteiger charge is -2.09. The maximum Gasteiger partial charge on any atom is 0.279 e. The summed E-state index contributed by atoms with van der Waals surface area (Å²) in [4.78, 5) is 0. The van der Waals surface area contributed by atoms with Crippen molar-refractivity contribution in [1.82, 2.24) is 0 Å². The van der Waals surface area contributed by atoms with Crippen LogP contribution in [0.1, 0.15) is 5.56 Å². The zero-order chi connectivity index (χ0) is 16.9. The number of nitrogens with one attached hydrogen (secondary N) is 1. The van der Waals surface area contributed by atoms with E-state index in [1.54, 1.807) is 7.11 Å². The van der Waals surface area contributed by atoms with Gasteiger partial charge in [0, 0.05) is 5.56 Å². The number of ether oxygens (including phenoxy) is 5. The highest BCUT2D eigenvalue weighted by Gasteiger charge is 1.99. The van der Waals surface area contributed by atoms with Gasteiger partial charge >= 0.3 is 0 Å². The van der Waals surface area contributed by atoms with Crippen LogP contribution in [0.4, 0.5) is 0 Å². The highest BCUT2D eigenvalue weighted by molar-refractivity contribution is 5.67. The number of hydrogen-bond acceptors (Lipinski definition) is 6. The van der Waals surface area contributed by atoms with Crippen LogP contribution in [-0.4, -0.2) is 52.8 Å². The molecule has 0 radical (unpaired) electrons. The molecule has 3 N–H and O–H groups in total. The van der Waals surface area contributed by atoms with Gasteiger partial charge in [0.15, 0.2) is 0 Å². The van der Waals surface area contributed by atoms with Gasteiger partial charge in [0.1, 0.15) is 24.7 Å².